The van der Waals surface area contributed by atoms with Crippen LogP contribution in [0.3, 0.4) is 0 Å². The zero-order valence-corrected chi connectivity index (χ0v) is 20.8. The largest absolute Gasteiger partial charge is 0.375 e. The van der Waals surface area contributed by atoms with E-state index < -0.39 is 11.1 Å². The molecule has 2 aromatic heterocycles. The average molecular weight is 474 g/mol. The number of benzene rings is 2. The molecule has 0 radical (unpaired) electrons. The number of anilines is 1. The summed E-state index contributed by atoms with van der Waals surface area (Å²) in [6.45, 7) is 8.62. The number of tetrazole rings is 1. The number of para-hydroxylation sites is 2. The van der Waals surface area contributed by atoms with E-state index >= 15 is 0 Å². The van der Waals surface area contributed by atoms with Crippen molar-refractivity contribution < 1.29 is 4.74 Å². The maximum absolute atomic E-state index is 13.8. The van der Waals surface area contributed by atoms with Gasteiger partial charge in [0.15, 0.2) is 5.82 Å². The van der Waals surface area contributed by atoms with Crippen LogP contribution >= 0.6 is 0 Å². The topological polar surface area (TPSA) is 91.8 Å². The molecule has 2 aromatic carbocycles. The molecule has 9 nitrogen and oxygen atoms in total. The van der Waals surface area contributed by atoms with Crippen LogP contribution in [0.1, 0.15) is 43.8 Å². The lowest BCUT2D eigenvalue weighted by molar-refractivity contribution is -0.0787. The molecular formula is C26H31N7O2. The van der Waals surface area contributed by atoms with E-state index in [0.29, 0.717) is 31.0 Å². The van der Waals surface area contributed by atoms with E-state index in [9.17, 15) is 4.79 Å². The van der Waals surface area contributed by atoms with Gasteiger partial charge in [0.05, 0.1) is 22.7 Å². The van der Waals surface area contributed by atoms with Gasteiger partial charge in [-0.3, -0.25) is 9.48 Å². The third-order valence-electron chi connectivity index (χ3n) is 6.91. The van der Waals surface area contributed by atoms with Gasteiger partial charge in [-0.25, -0.2) is 4.68 Å². The smallest absolute Gasteiger partial charge is 0.295 e. The Labute approximate surface area is 204 Å². The van der Waals surface area contributed by atoms with Crippen molar-refractivity contribution in [2.45, 2.75) is 51.7 Å². The number of nitrogens with one attached hydrogen (secondary N) is 1. The zero-order valence-electron chi connectivity index (χ0n) is 20.8. The molecule has 0 unspecified atom stereocenters. The van der Waals surface area contributed by atoms with Crippen LogP contribution in [0.2, 0.25) is 0 Å². The Hall–Kier alpha value is -3.72. The summed E-state index contributed by atoms with van der Waals surface area (Å²) in [6, 6.07) is 17.7. The quantitative estimate of drug-likeness (QED) is 0.476. The lowest BCUT2D eigenvalue weighted by atomic mass is 9.80. The normalized spacial score (nSPS) is 19.6. The Balaban J connectivity index is 1.67. The van der Waals surface area contributed by atoms with Crippen LogP contribution in [0.5, 0.6) is 0 Å². The van der Waals surface area contributed by atoms with E-state index in [4.69, 9.17) is 4.74 Å². The molecule has 1 N–H and O–H groups in total. The molecule has 0 aliphatic carbocycles. The SMILES string of the molecule is Cc1ccccc1-n1nnnc1[C@@]1(Nc2c(C)n(C)n(-c3ccccc3)c2=O)CCOC(C)(C)C1. The minimum atomic E-state index is -0.715. The molecule has 3 heterocycles. The summed E-state index contributed by atoms with van der Waals surface area (Å²) in [5.74, 6) is 0.664. The first-order valence-corrected chi connectivity index (χ1v) is 11.8. The number of hydrogen-bond donors (Lipinski definition) is 1. The first-order chi connectivity index (χ1) is 16.7. The van der Waals surface area contributed by atoms with Gasteiger partial charge in [-0.1, -0.05) is 36.4 Å². The Bertz CT molecular complexity index is 1420. The maximum Gasteiger partial charge on any atom is 0.295 e. The molecule has 1 aliphatic heterocycles. The number of hydrogen-bond acceptors (Lipinski definition) is 6. The molecule has 0 bridgehead atoms. The van der Waals surface area contributed by atoms with Crippen LogP contribution in [0.25, 0.3) is 11.4 Å². The maximum atomic E-state index is 13.8. The van der Waals surface area contributed by atoms with Crippen molar-refractivity contribution in [2.75, 3.05) is 11.9 Å². The van der Waals surface area contributed by atoms with Crippen LogP contribution in [0.15, 0.2) is 59.4 Å². The van der Waals surface area contributed by atoms with E-state index in [0.717, 1.165) is 22.6 Å². The summed E-state index contributed by atoms with van der Waals surface area (Å²) >= 11 is 0. The summed E-state index contributed by atoms with van der Waals surface area (Å²) in [4.78, 5) is 13.8. The predicted octanol–water partition coefficient (Wildman–Crippen LogP) is 3.66. The highest BCUT2D eigenvalue weighted by Crippen LogP contribution is 2.42. The molecule has 1 aliphatic rings. The van der Waals surface area contributed by atoms with E-state index in [1.54, 1.807) is 9.36 Å². The Morgan fingerprint density at radius 2 is 1.74 bits per heavy atom. The highest BCUT2D eigenvalue weighted by Gasteiger charge is 2.47. The van der Waals surface area contributed by atoms with Crippen molar-refractivity contribution >= 4 is 5.69 Å². The highest BCUT2D eigenvalue weighted by molar-refractivity contribution is 5.53. The minimum Gasteiger partial charge on any atom is -0.375 e. The molecule has 9 heteroatoms. The van der Waals surface area contributed by atoms with Crippen molar-refractivity contribution in [1.29, 1.82) is 0 Å². The third kappa shape index (κ3) is 3.95. The number of ether oxygens (including phenoxy) is 1. The Kier molecular flexibility index (Phi) is 5.59. The lowest BCUT2D eigenvalue weighted by Crippen LogP contribution is -2.50. The number of rotatable bonds is 5. The molecule has 1 fully saturated rings. The van der Waals surface area contributed by atoms with Gasteiger partial charge in [0.2, 0.25) is 0 Å². The van der Waals surface area contributed by atoms with Crippen LogP contribution < -0.4 is 10.9 Å². The van der Waals surface area contributed by atoms with E-state index in [2.05, 4.69) is 34.7 Å². The van der Waals surface area contributed by atoms with Crippen molar-refractivity contribution in [1.82, 2.24) is 29.6 Å². The summed E-state index contributed by atoms with van der Waals surface area (Å²) in [5.41, 5.74) is 2.87. The fraction of sp³-hybridized carbons (Fsp3) is 0.385. The van der Waals surface area contributed by atoms with Gasteiger partial charge in [0.25, 0.3) is 5.56 Å². The lowest BCUT2D eigenvalue weighted by Gasteiger charge is -2.44. The first kappa shape index (κ1) is 23.0. The summed E-state index contributed by atoms with van der Waals surface area (Å²) < 4.78 is 11.4. The second kappa shape index (κ2) is 8.49. The second-order valence-electron chi connectivity index (χ2n) is 9.88. The number of aryl methyl sites for hydroxylation is 1. The fourth-order valence-electron chi connectivity index (χ4n) is 5.12. The molecule has 5 rings (SSSR count). The van der Waals surface area contributed by atoms with Gasteiger partial charge >= 0.3 is 0 Å². The molecule has 4 aromatic rings. The highest BCUT2D eigenvalue weighted by atomic mass is 16.5. The van der Waals surface area contributed by atoms with Gasteiger partial charge in [-0.15, -0.1) is 5.10 Å². The van der Waals surface area contributed by atoms with Gasteiger partial charge < -0.3 is 10.1 Å². The van der Waals surface area contributed by atoms with Gasteiger partial charge in [-0.2, -0.15) is 4.68 Å². The average Bonchev–Trinajstić information content (AvgIpc) is 3.40. The summed E-state index contributed by atoms with van der Waals surface area (Å²) in [5, 5.41) is 16.6. The van der Waals surface area contributed by atoms with Crippen molar-refractivity contribution in [3.63, 3.8) is 0 Å². The van der Waals surface area contributed by atoms with Crippen molar-refractivity contribution in [3.05, 3.63) is 82.0 Å². The zero-order chi connectivity index (χ0) is 24.8. The van der Waals surface area contributed by atoms with Gasteiger partial charge in [0.1, 0.15) is 11.2 Å². The van der Waals surface area contributed by atoms with Crippen molar-refractivity contribution in [3.8, 4) is 11.4 Å². The Morgan fingerprint density at radius 1 is 1.03 bits per heavy atom. The molecule has 0 saturated carbocycles. The fourth-order valence-corrected chi connectivity index (χ4v) is 5.12. The minimum absolute atomic E-state index is 0.116. The predicted molar refractivity (Wildman–Crippen MR) is 134 cm³/mol. The molecule has 1 saturated heterocycles. The summed E-state index contributed by atoms with van der Waals surface area (Å²) in [6.07, 6.45) is 1.20. The van der Waals surface area contributed by atoms with Gasteiger partial charge in [0, 0.05) is 26.5 Å². The number of aromatic nitrogens is 6. The number of nitrogens with zero attached hydrogens (tertiary/aromatic N) is 6. The second-order valence-corrected chi connectivity index (χ2v) is 9.88. The third-order valence-corrected chi connectivity index (χ3v) is 6.91. The molecule has 0 amide bonds. The molecule has 35 heavy (non-hydrogen) atoms. The van der Waals surface area contributed by atoms with Crippen LogP contribution in [0.4, 0.5) is 5.69 Å². The van der Waals surface area contributed by atoms with Crippen molar-refractivity contribution in [2.24, 2.45) is 7.05 Å². The van der Waals surface area contributed by atoms with E-state index in [1.165, 1.54) is 0 Å². The molecular weight excluding hydrogens is 442 g/mol. The monoisotopic (exact) mass is 473 g/mol. The Morgan fingerprint density at radius 3 is 2.46 bits per heavy atom. The first-order valence-electron chi connectivity index (χ1n) is 11.8. The van der Waals surface area contributed by atoms with Crippen LogP contribution in [-0.4, -0.2) is 41.8 Å². The molecule has 182 valence electrons. The van der Waals surface area contributed by atoms with E-state index in [-0.39, 0.29) is 5.56 Å². The van der Waals surface area contributed by atoms with Gasteiger partial charge in [-0.05, 0) is 61.9 Å². The molecule has 0 spiro atoms. The molecule has 1 atom stereocenters. The standard InChI is InChI=1S/C26H31N7O2/c1-18-11-9-10-14-21(18)32-24(28-29-30-32)26(15-16-35-25(3,4)17-26)27-22-19(2)31(5)33(23(22)34)20-12-7-6-8-13-20/h6-14,27H,15-17H2,1-5H3/t26-/m1/s1. The van der Waals surface area contributed by atoms with E-state index in [1.807, 2.05) is 80.2 Å². The van der Waals surface area contributed by atoms with Crippen LogP contribution in [0, 0.1) is 13.8 Å². The summed E-state index contributed by atoms with van der Waals surface area (Å²) in [7, 11) is 1.90. The van der Waals surface area contributed by atoms with Crippen LogP contribution in [-0.2, 0) is 17.3 Å².